The fourth-order valence-corrected chi connectivity index (χ4v) is 3.49. The molecule has 3 N–H and O–H groups in total. The number of fused-ring (bicyclic) bond motifs is 1. The first-order chi connectivity index (χ1) is 11.8. The molecule has 1 aliphatic rings. The fourth-order valence-electron chi connectivity index (χ4n) is 3.49. The molecular formula is C19H24N4O+2. The molecule has 0 spiro atoms. The number of piperazine rings is 1. The minimum absolute atomic E-state index is 0.876. The summed E-state index contributed by atoms with van der Waals surface area (Å²) in [4.78, 5) is 6.54. The largest absolute Gasteiger partial charge is 0.497 e. The standard InChI is InChI=1S/C19H22N4O/c1-24-16-7-5-15(6-8-16)19-17(14-22-12-9-20-10-13-22)23-11-3-2-4-18(23)21-19/h2-8,11,20H,9-10,12-14H2,1H3/p+2. The number of benzene rings is 1. The Labute approximate surface area is 141 Å². The van der Waals surface area contributed by atoms with E-state index in [0.29, 0.717) is 0 Å². The highest BCUT2D eigenvalue weighted by Gasteiger charge is 2.22. The Balaban J connectivity index is 1.76. The molecule has 3 heterocycles. The van der Waals surface area contributed by atoms with E-state index >= 15 is 0 Å². The van der Waals surface area contributed by atoms with Gasteiger partial charge in [0.1, 0.15) is 49.8 Å². The lowest BCUT2D eigenvalue weighted by atomic mass is 10.1. The molecule has 0 unspecified atom stereocenters. The van der Waals surface area contributed by atoms with Crippen molar-refractivity contribution in [3.05, 3.63) is 54.4 Å². The average molecular weight is 324 g/mol. The van der Waals surface area contributed by atoms with Crippen LogP contribution in [0.15, 0.2) is 48.7 Å². The van der Waals surface area contributed by atoms with Crippen LogP contribution < -0.4 is 15.0 Å². The monoisotopic (exact) mass is 324 g/mol. The Hall–Kier alpha value is -2.37. The van der Waals surface area contributed by atoms with Crippen LogP contribution in [-0.4, -0.2) is 42.7 Å². The lowest BCUT2D eigenvalue weighted by molar-refractivity contribution is -0.958. The van der Waals surface area contributed by atoms with Gasteiger partial charge in [-0.3, -0.25) is 4.40 Å². The third kappa shape index (κ3) is 2.88. The van der Waals surface area contributed by atoms with E-state index in [2.05, 4.69) is 40.2 Å². The molecule has 4 rings (SSSR count). The second kappa shape index (κ2) is 6.63. The van der Waals surface area contributed by atoms with Crippen molar-refractivity contribution in [3.63, 3.8) is 0 Å². The highest BCUT2D eigenvalue weighted by Crippen LogP contribution is 2.26. The predicted octanol–water partition coefficient (Wildman–Crippen LogP) is -0.0282. The van der Waals surface area contributed by atoms with E-state index in [-0.39, 0.29) is 0 Å². The van der Waals surface area contributed by atoms with Gasteiger partial charge in [0, 0.05) is 11.8 Å². The van der Waals surface area contributed by atoms with Crippen molar-refractivity contribution in [2.75, 3.05) is 33.3 Å². The van der Waals surface area contributed by atoms with E-state index in [9.17, 15) is 0 Å². The van der Waals surface area contributed by atoms with Crippen molar-refractivity contribution in [1.29, 1.82) is 0 Å². The van der Waals surface area contributed by atoms with Crippen LogP contribution in [0.5, 0.6) is 5.75 Å². The summed E-state index contributed by atoms with van der Waals surface area (Å²) in [6.07, 6.45) is 2.13. The maximum absolute atomic E-state index is 5.28. The topological polar surface area (TPSA) is 47.6 Å². The number of aromatic nitrogens is 2. The zero-order chi connectivity index (χ0) is 16.4. The summed E-state index contributed by atoms with van der Waals surface area (Å²) < 4.78 is 7.52. The molecule has 5 heteroatoms. The third-order valence-corrected chi connectivity index (χ3v) is 4.81. The molecule has 0 radical (unpaired) electrons. The molecule has 2 aromatic heterocycles. The van der Waals surface area contributed by atoms with Crippen molar-refractivity contribution in [2.45, 2.75) is 6.54 Å². The van der Waals surface area contributed by atoms with E-state index in [1.54, 1.807) is 12.0 Å². The first-order valence-corrected chi connectivity index (χ1v) is 8.61. The number of ether oxygens (including phenoxy) is 1. The maximum atomic E-state index is 5.28. The van der Waals surface area contributed by atoms with Gasteiger partial charge in [0.2, 0.25) is 0 Å². The molecule has 5 nitrogen and oxygen atoms in total. The van der Waals surface area contributed by atoms with Crippen LogP contribution in [0.2, 0.25) is 0 Å². The van der Waals surface area contributed by atoms with Crippen LogP contribution in [-0.2, 0) is 6.54 Å². The van der Waals surface area contributed by atoms with Gasteiger partial charge in [-0.1, -0.05) is 6.07 Å². The first kappa shape index (κ1) is 15.2. The molecule has 0 bridgehead atoms. The molecule has 124 valence electrons. The van der Waals surface area contributed by atoms with Crippen LogP contribution >= 0.6 is 0 Å². The number of nitrogens with one attached hydrogen (secondary N) is 1. The Morgan fingerprint density at radius 2 is 1.92 bits per heavy atom. The van der Waals surface area contributed by atoms with Crippen LogP contribution in [0.3, 0.4) is 0 Å². The van der Waals surface area contributed by atoms with E-state index in [1.165, 1.54) is 31.9 Å². The molecule has 3 aromatic rings. The summed E-state index contributed by atoms with van der Waals surface area (Å²) in [5.74, 6) is 0.876. The van der Waals surface area contributed by atoms with E-state index < -0.39 is 0 Å². The first-order valence-electron chi connectivity index (χ1n) is 8.61. The van der Waals surface area contributed by atoms with Gasteiger partial charge in [-0.15, -0.1) is 0 Å². The Bertz CT molecular complexity index is 819. The molecule has 1 fully saturated rings. The van der Waals surface area contributed by atoms with Gasteiger partial charge in [-0.05, 0) is 36.4 Å². The molecule has 0 atom stereocenters. The molecule has 1 aromatic carbocycles. The van der Waals surface area contributed by atoms with Crippen LogP contribution in [0.1, 0.15) is 5.69 Å². The van der Waals surface area contributed by atoms with Gasteiger partial charge in [0.15, 0.2) is 0 Å². The fraction of sp³-hybridized carbons (Fsp3) is 0.316. The highest BCUT2D eigenvalue weighted by molar-refractivity contribution is 5.67. The van der Waals surface area contributed by atoms with Crippen LogP contribution in [0.25, 0.3) is 16.9 Å². The van der Waals surface area contributed by atoms with Crippen molar-refractivity contribution in [3.8, 4) is 17.0 Å². The molecule has 1 aliphatic heterocycles. The number of nitrogens with zero attached hydrogens (tertiary/aromatic N) is 2. The number of quaternary nitrogens is 2. The quantitative estimate of drug-likeness (QED) is 0.708. The van der Waals surface area contributed by atoms with E-state index in [4.69, 9.17) is 9.72 Å². The Morgan fingerprint density at radius 1 is 1.12 bits per heavy atom. The summed E-state index contributed by atoms with van der Waals surface area (Å²) >= 11 is 0. The molecule has 0 aliphatic carbocycles. The Kier molecular flexibility index (Phi) is 4.19. The molecular weight excluding hydrogens is 300 g/mol. The van der Waals surface area contributed by atoms with Crippen LogP contribution in [0.4, 0.5) is 0 Å². The predicted molar refractivity (Wildman–Crippen MR) is 93.2 cm³/mol. The summed E-state index contributed by atoms with van der Waals surface area (Å²) in [6, 6.07) is 14.4. The summed E-state index contributed by atoms with van der Waals surface area (Å²) in [5, 5.41) is 2.41. The van der Waals surface area contributed by atoms with Gasteiger partial charge >= 0.3 is 0 Å². The minimum Gasteiger partial charge on any atom is -0.497 e. The van der Waals surface area contributed by atoms with E-state index in [0.717, 1.165) is 29.2 Å². The summed E-state index contributed by atoms with van der Waals surface area (Å²) in [5.41, 5.74) is 4.55. The zero-order valence-electron chi connectivity index (χ0n) is 14.0. The number of hydrogen-bond acceptors (Lipinski definition) is 2. The van der Waals surface area contributed by atoms with Crippen molar-refractivity contribution < 1.29 is 15.0 Å². The van der Waals surface area contributed by atoms with Gasteiger partial charge in [-0.2, -0.15) is 0 Å². The van der Waals surface area contributed by atoms with Gasteiger partial charge in [0.25, 0.3) is 0 Å². The number of pyridine rings is 1. The Morgan fingerprint density at radius 3 is 2.67 bits per heavy atom. The number of rotatable bonds is 4. The van der Waals surface area contributed by atoms with Crippen molar-refractivity contribution in [2.24, 2.45) is 0 Å². The SMILES string of the molecule is COc1ccc(-c2nc3ccccn3c2C[NH+]2CC[NH2+]CC2)cc1. The van der Waals surface area contributed by atoms with Gasteiger partial charge < -0.3 is 15.0 Å². The van der Waals surface area contributed by atoms with Crippen LogP contribution in [0, 0.1) is 0 Å². The molecule has 0 saturated carbocycles. The average Bonchev–Trinajstić information content (AvgIpc) is 3.01. The maximum Gasteiger partial charge on any atom is 0.137 e. The normalized spacial score (nSPS) is 15.7. The molecule has 1 saturated heterocycles. The smallest absolute Gasteiger partial charge is 0.137 e. The van der Waals surface area contributed by atoms with Crippen molar-refractivity contribution in [1.82, 2.24) is 9.38 Å². The number of methoxy groups -OCH3 is 1. The second-order valence-electron chi connectivity index (χ2n) is 6.36. The van der Waals surface area contributed by atoms with Crippen molar-refractivity contribution >= 4 is 5.65 Å². The zero-order valence-corrected chi connectivity index (χ0v) is 14.0. The minimum atomic E-state index is 0.876. The second-order valence-corrected chi connectivity index (χ2v) is 6.36. The summed E-state index contributed by atoms with van der Waals surface area (Å²) in [6.45, 7) is 5.86. The van der Waals surface area contributed by atoms with Gasteiger partial charge in [0.05, 0.1) is 12.8 Å². The van der Waals surface area contributed by atoms with E-state index in [1.807, 2.05) is 18.2 Å². The molecule has 24 heavy (non-hydrogen) atoms. The summed E-state index contributed by atoms with van der Waals surface area (Å²) in [7, 11) is 1.70. The highest BCUT2D eigenvalue weighted by atomic mass is 16.5. The van der Waals surface area contributed by atoms with Gasteiger partial charge in [-0.25, -0.2) is 4.98 Å². The lowest BCUT2D eigenvalue weighted by Gasteiger charge is -2.22. The number of imidazole rings is 1. The third-order valence-electron chi connectivity index (χ3n) is 4.81. The molecule has 0 amide bonds. The number of hydrogen-bond donors (Lipinski definition) is 2. The number of nitrogens with two attached hydrogens (primary N) is 1. The lowest BCUT2D eigenvalue weighted by Crippen LogP contribution is -3.19.